The van der Waals surface area contributed by atoms with Gasteiger partial charge in [-0.25, -0.2) is 0 Å². The lowest BCUT2D eigenvalue weighted by molar-refractivity contribution is -0.227. The number of carboxylic acid groups (broad SMARTS) is 1. The summed E-state index contributed by atoms with van der Waals surface area (Å²) in [6.45, 7) is 3.52. The molecule has 1 aliphatic heterocycles. The van der Waals surface area contributed by atoms with E-state index in [9.17, 15) is 18.0 Å². The summed E-state index contributed by atoms with van der Waals surface area (Å²) in [5, 5.41) is 9.07. The van der Waals surface area contributed by atoms with Crippen LogP contribution in [0.1, 0.15) is 36.1 Å². The summed E-state index contributed by atoms with van der Waals surface area (Å²) in [5.74, 6) is -1.77. The SMILES string of the molecule is CCc1ccc(C(C)N2CCC(C(=O)O)(C(F)(F)F)C2)s1. The third kappa shape index (κ3) is 2.81. The van der Waals surface area contributed by atoms with Gasteiger partial charge in [0, 0.05) is 28.9 Å². The van der Waals surface area contributed by atoms with Gasteiger partial charge in [-0.15, -0.1) is 11.3 Å². The van der Waals surface area contributed by atoms with Crippen LogP contribution >= 0.6 is 11.3 Å². The lowest BCUT2D eigenvalue weighted by atomic mass is 9.86. The lowest BCUT2D eigenvalue weighted by Crippen LogP contribution is -2.47. The minimum Gasteiger partial charge on any atom is -0.481 e. The molecule has 0 saturated carbocycles. The first kappa shape index (κ1) is 16.3. The number of thiophene rings is 1. The Bertz CT molecular complexity index is 529. The molecule has 2 rings (SSSR count). The zero-order valence-electron chi connectivity index (χ0n) is 11.9. The van der Waals surface area contributed by atoms with Crippen LogP contribution in [-0.2, 0) is 11.2 Å². The van der Waals surface area contributed by atoms with E-state index in [1.54, 1.807) is 16.2 Å². The van der Waals surface area contributed by atoms with Gasteiger partial charge in [0.05, 0.1) is 0 Å². The predicted octanol–water partition coefficient (Wildman–Crippen LogP) is 3.71. The summed E-state index contributed by atoms with van der Waals surface area (Å²) in [6, 6.07) is 3.70. The first-order valence-electron chi connectivity index (χ1n) is 6.84. The normalized spacial score (nSPS) is 25.2. The van der Waals surface area contributed by atoms with E-state index in [1.165, 1.54) is 4.88 Å². The Labute approximate surface area is 125 Å². The monoisotopic (exact) mass is 321 g/mol. The fraction of sp³-hybridized carbons (Fsp3) is 0.643. The van der Waals surface area contributed by atoms with Gasteiger partial charge < -0.3 is 5.11 Å². The third-order valence-corrected chi connectivity index (χ3v) is 5.64. The van der Waals surface area contributed by atoms with Crippen LogP contribution in [0.5, 0.6) is 0 Å². The molecule has 2 atom stereocenters. The largest absolute Gasteiger partial charge is 0.481 e. The molecular formula is C14H18F3NO2S. The Balaban J connectivity index is 2.19. The molecule has 118 valence electrons. The van der Waals surface area contributed by atoms with E-state index in [0.29, 0.717) is 0 Å². The van der Waals surface area contributed by atoms with Crippen molar-refractivity contribution in [3.8, 4) is 0 Å². The molecule has 0 amide bonds. The highest BCUT2D eigenvalue weighted by Gasteiger charge is 2.63. The molecule has 1 fully saturated rings. The van der Waals surface area contributed by atoms with Crippen LogP contribution in [-0.4, -0.2) is 35.2 Å². The number of likely N-dealkylation sites (tertiary alicyclic amines) is 1. The predicted molar refractivity (Wildman–Crippen MR) is 74.4 cm³/mol. The summed E-state index contributed by atoms with van der Waals surface area (Å²) < 4.78 is 39.5. The number of rotatable bonds is 4. The maximum absolute atomic E-state index is 13.2. The molecule has 0 spiro atoms. The van der Waals surface area contributed by atoms with Crippen molar-refractivity contribution in [3.63, 3.8) is 0 Å². The molecule has 0 radical (unpaired) electrons. The molecule has 2 unspecified atom stereocenters. The summed E-state index contributed by atoms with van der Waals surface area (Å²) in [5.41, 5.74) is -2.63. The molecule has 0 aromatic carbocycles. The van der Waals surface area contributed by atoms with Crippen LogP contribution in [0.4, 0.5) is 13.2 Å². The lowest BCUT2D eigenvalue weighted by Gasteiger charge is -2.29. The Hall–Kier alpha value is -1.08. The number of carbonyl (C=O) groups is 1. The molecule has 0 aliphatic carbocycles. The van der Waals surface area contributed by atoms with Gasteiger partial charge >= 0.3 is 12.1 Å². The number of hydrogen-bond donors (Lipinski definition) is 1. The standard InChI is InChI=1S/C14H18F3NO2S/c1-3-10-4-5-11(21-10)9(2)18-7-6-13(8-18,12(19)20)14(15,16)17/h4-5,9H,3,6-8H2,1-2H3,(H,19,20). The minimum absolute atomic E-state index is 0.145. The van der Waals surface area contributed by atoms with Gasteiger partial charge in [0.1, 0.15) is 0 Å². The highest BCUT2D eigenvalue weighted by atomic mass is 32.1. The molecular weight excluding hydrogens is 303 g/mol. The van der Waals surface area contributed by atoms with Crippen molar-refractivity contribution in [1.29, 1.82) is 0 Å². The van der Waals surface area contributed by atoms with Crippen LogP contribution in [0.25, 0.3) is 0 Å². The van der Waals surface area contributed by atoms with Crippen LogP contribution in [0.2, 0.25) is 0 Å². The second-order valence-corrected chi connectivity index (χ2v) is 6.64. The van der Waals surface area contributed by atoms with Crippen molar-refractivity contribution in [2.24, 2.45) is 5.41 Å². The quantitative estimate of drug-likeness (QED) is 0.919. The maximum atomic E-state index is 13.2. The van der Waals surface area contributed by atoms with Crippen molar-refractivity contribution in [3.05, 3.63) is 21.9 Å². The number of alkyl halides is 3. The van der Waals surface area contributed by atoms with Gasteiger partial charge in [-0.3, -0.25) is 9.69 Å². The number of halogens is 3. The van der Waals surface area contributed by atoms with E-state index in [1.807, 2.05) is 26.0 Å². The second-order valence-electron chi connectivity index (χ2n) is 5.44. The highest BCUT2D eigenvalue weighted by Crippen LogP contribution is 2.47. The molecule has 7 heteroatoms. The number of aryl methyl sites for hydroxylation is 1. The van der Waals surface area contributed by atoms with Gasteiger partial charge in [0.2, 0.25) is 0 Å². The molecule has 1 aromatic rings. The molecule has 3 nitrogen and oxygen atoms in total. The number of hydrogen-bond acceptors (Lipinski definition) is 3. The second kappa shape index (κ2) is 5.61. The molecule has 1 aromatic heterocycles. The number of nitrogens with zero attached hydrogens (tertiary/aromatic N) is 1. The molecule has 21 heavy (non-hydrogen) atoms. The van der Waals surface area contributed by atoms with E-state index in [2.05, 4.69) is 0 Å². The van der Waals surface area contributed by atoms with Crippen LogP contribution in [0, 0.1) is 5.41 Å². The van der Waals surface area contributed by atoms with Crippen LogP contribution in [0.3, 0.4) is 0 Å². The molecule has 0 bridgehead atoms. The van der Waals surface area contributed by atoms with Gasteiger partial charge in [0.15, 0.2) is 5.41 Å². The van der Waals surface area contributed by atoms with Crippen molar-refractivity contribution in [1.82, 2.24) is 4.90 Å². The molecule has 1 N–H and O–H groups in total. The fourth-order valence-corrected chi connectivity index (χ4v) is 3.72. The Morgan fingerprint density at radius 2 is 2.19 bits per heavy atom. The Morgan fingerprint density at radius 3 is 2.62 bits per heavy atom. The maximum Gasteiger partial charge on any atom is 0.406 e. The third-order valence-electron chi connectivity index (χ3n) is 4.24. The molecule has 1 aliphatic rings. The minimum atomic E-state index is -4.72. The summed E-state index contributed by atoms with van der Waals surface area (Å²) >= 11 is 1.57. The van der Waals surface area contributed by atoms with E-state index in [0.717, 1.165) is 11.3 Å². The fourth-order valence-electron chi connectivity index (χ4n) is 2.69. The summed E-state index contributed by atoms with van der Waals surface area (Å²) in [7, 11) is 0. The Kier molecular flexibility index (Phi) is 4.35. The van der Waals surface area contributed by atoms with Crippen LogP contribution in [0.15, 0.2) is 12.1 Å². The average molecular weight is 321 g/mol. The van der Waals surface area contributed by atoms with E-state index in [-0.39, 0.29) is 19.0 Å². The first-order chi connectivity index (χ1) is 9.71. The molecule has 2 heterocycles. The van der Waals surface area contributed by atoms with Crippen LogP contribution < -0.4 is 0 Å². The van der Waals surface area contributed by atoms with Gasteiger partial charge in [-0.1, -0.05) is 6.92 Å². The first-order valence-corrected chi connectivity index (χ1v) is 7.65. The van der Waals surface area contributed by atoms with E-state index in [4.69, 9.17) is 5.11 Å². The smallest absolute Gasteiger partial charge is 0.406 e. The summed E-state index contributed by atoms with van der Waals surface area (Å²) in [6.07, 6.45) is -4.22. The zero-order valence-corrected chi connectivity index (χ0v) is 12.7. The van der Waals surface area contributed by atoms with Crippen molar-refractivity contribution >= 4 is 17.3 Å². The molecule has 1 saturated heterocycles. The van der Waals surface area contributed by atoms with Crippen molar-refractivity contribution < 1.29 is 23.1 Å². The number of carboxylic acids is 1. The summed E-state index contributed by atoms with van der Waals surface area (Å²) in [4.78, 5) is 15.0. The number of aliphatic carboxylic acids is 1. The van der Waals surface area contributed by atoms with Gasteiger partial charge in [-0.2, -0.15) is 13.2 Å². The Morgan fingerprint density at radius 1 is 1.52 bits per heavy atom. The highest BCUT2D eigenvalue weighted by molar-refractivity contribution is 7.12. The van der Waals surface area contributed by atoms with Gasteiger partial charge in [0.25, 0.3) is 0 Å². The van der Waals surface area contributed by atoms with E-state index < -0.39 is 24.1 Å². The van der Waals surface area contributed by atoms with E-state index >= 15 is 0 Å². The van der Waals surface area contributed by atoms with Gasteiger partial charge in [-0.05, 0) is 31.9 Å². The topological polar surface area (TPSA) is 40.5 Å². The zero-order chi connectivity index (χ0) is 15.8. The van der Waals surface area contributed by atoms with Crippen molar-refractivity contribution in [2.75, 3.05) is 13.1 Å². The van der Waals surface area contributed by atoms with Crippen molar-refractivity contribution in [2.45, 2.75) is 38.9 Å². The average Bonchev–Trinajstić information content (AvgIpc) is 3.04.